The van der Waals surface area contributed by atoms with Crippen molar-refractivity contribution in [3.8, 4) is 0 Å². The zero-order valence-corrected chi connectivity index (χ0v) is 14.6. The number of hydrogen-bond acceptors (Lipinski definition) is 2. The molecular weight excluding hydrogens is 340 g/mol. The maximum Gasteiger partial charge on any atom is 0.325 e. The number of halogens is 2. The lowest BCUT2D eigenvalue weighted by atomic mass is 10.1. The Balaban J connectivity index is 1.64. The van der Waals surface area contributed by atoms with Crippen LogP contribution in [0.2, 0.25) is 0 Å². The molecule has 136 valence electrons. The van der Waals surface area contributed by atoms with E-state index in [9.17, 15) is 18.4 Å². The van der Waals surface area contributed by atoms with Crippen LogP contribution < -0.4 is 10.2 Å². The van der Waals surface area contributed by atoms with Gasteiger partial charge in [0.15, 0.2) is 11.6 Å². The first-order valence-electron chi connectivity index (χ1n) is 8.24. The molecule has 0 aliphatic carbocycles. The topological polar surface area (TPSA) is 52.7 Å². The molecular formula is C19H19F2N3O2. The Labute approximate surface area is 150 Å². The van der Waals surface area contributed by atoms with Crippen LogP contribution in [0, 0.1) is 25.5 Å². The Morgan fingerprint density at radius 1 is 1.08 bits per heavy atom. The monoisotopic (exact) mass is 359 g/mol. The third-order valence-corrected chi connectivity index (χ3v) is 4.30. The van der Waals surface area contributed by atoms with Crippen molar-refractivity contribution in [3.05, 3.63) is 59.2 Å². The Morgan fingerprint density at radius 3 is 2.54 bits per heavy atom. The van der Waals surface area contributed by atoms with E-state index in [2.05, 4.69) is 5.32 Å². The number of carbonyl (C=O) groups excluding carboxylic acids is 2. The van der Waals surface area contributed by atoms with Gasteiger partial charge in [-0.3, -0.25) is 9.69 Å². The molecule has 1 saturated heterocycles. The highest BCUT2D eigenvalue weighted by molar-refractivity contribution is 5.99. The summed E-state index contributed by atoms with van der Waals surface area (Å²) in [6, 6.07) is 8.57. The number of urea groups is 1. The molecule has 3 rings (SSSR count). The van der Waals surface area contributed by atoms with Gasteiger partial charge < -0.3 is 10.2 Å². The minimum Gasteiger partial charge on any atom is -0.324 e. The lowest BCUT2D eigenvalue weighted by Gasteiger charge is -2.19. The molecule has 1 aliphatic heterocycles. The van der Waals surface area contributed by atoms with Crippen molar-refractivity contribution in [1.82, 2.24) is 4.90 Å². The molecule has 1 heterocycles. The number of anilines is 2. The molecule has 2 aromatic rings. The summed E-state index contributed by atoms with van der Waals surface area (Å²) in [5.41, 5.74) is 3.00. The molecule has 3 amide bonds. The van der Waals surface area contributed by atoms with E-state index in [1.54, 1.807) is 0 Å². The summed E-state index contributed by atoms with van der Waals surface area (Å²) < 4.78 is 26.4. The minimum atomic E-state index is -1.01. The highest BCUT2D eigenvalue weighted by atomic mass is 19.2. The quantitative estimate of drug-likeness (QED) is 0.909. The number of nitrogens with zero attached hydrogens (tertiary/aromatic N) is 2. The highest BCUT2D eigenvalue weighted by Gasteiger charge is 2.31. The summed E-state index contributed by atoms with van der Waals surface area (Å²) in [5.74, 6) is -2.29. The van der Waals surface area contributed by atoms with Gasteiger partial charge in [-0.25, -0.2) is 13.6 Å². The van der Waals surface area contributed by atoms with Gasteiger partial charge >= 0.3 is 6.03 Å². The van der Waals surface area contributed by atoms with Crippen molar-refractivity contribution in [2.45, 2.75) is 13.8 Å². The van der Waals surface area contributed by atoms with Gasteiger partial charge in [-0.1, -0.05) is 17.7 Å². The third-order valence-electron chi connectivity index (χ3n) is 4.30. The lowest BCUT2D eigenvalue weighted by Crippen LogP contribution is -2.37. The Bertz CT molecular complexity index is 870. The van der Waals surface area contributed by atoms with E-state index in [0.29, 0.717) is 18.8 Å². The smallest absolute Gasteiger partial charge is 0.324 e. The molecule has 1 N–H and O–H groups in total. The van der Waals surface area contributed by atoms with Crippen LogP contribution >= 0.6 is 0 Å². The van der Waals surface area contributed by atoms with Gasteiger partial charge in [0.1, 0.15) is 6.54 Å². The standard InChI is InChI=1S/C19H19F2N3O2/c1-12-3-6-17(13(2)9-12)22-18(25)11-23-7-8-24(19(23)26)14-4-5-15(20)16(21)10-14/h3-6,9-10H,7-8,11H2,1-2H3,(H,22,25). The van der Waals surface area contributed by atoms with Gasteiger partial charge in [-0.2, -0.15) is 0 Å². The molecule has 1 fully saturated rings. The second-order valence-corrected chi connectivity index (χ2v) is 6.32. The van der Waals surface area contributed by atoms with Gasteiger partial charge in [0.25, 0.3) is 0 Å². The summed E-state index contributed by atoms with van der Waals surface area (Å²) in [7, 11) is 0. The van der Waals surface area contributed by atoms with Crippen LogP contribution in [0.1, 0.15) is 11.1 Å². The number of hydrogen-bond donors (Lipinski definition) is 1. The summed E-state index contributed by atoms with van der Waals surface area (Å²) >= 11 is 0. The lowest BCUT2D eigenvalue weighted by molar-refractivity contribution is -0.116. The number of nitrogens with one attached hydrogen (secondary N) is 1. The Kier molecular flexibility index (Phi) is 4.88. The van der Waals surface area contributed by atoms with Crippen molar-refractivity contribution in [2.75, 3.05) is 29.9 Å². The van der Waals surface area contributed by atoms with E-state index in [1.807, 2.05) is 32.0 Å². The molecule has 2 aromatic carbocycles. The normalized spacial score (nSPS) is 14.1. The fraction of sp³-hybridized carbons (Fsp3) is 0.263. The second-order valence-electron chi connectivity index (χ2n) is 6.32. The molecule has 26 heavy (non-hydrogen) atoms. The van der Waals surface area contributed by atoms with Gasteiger partial charge in [0, 0.05) is 30.5 Å². The molecule has 5 nitrogen and oxygen atoms in total. The van der Waals surface area contributed by atoms with E-state index in [0.717, 1.165) is 23.3 Å². The zero-order chi connectivity index (χ0) is 18.8. The Morgan fingerprint density at radius 2 is 1.85 bits per heavy atom. The summed E-state index contributed by atoms with van der Waals surface area (Å²) in [5, 5.41) is 2.80. The van der Waals surface area contributed by atoms with Crippen LogP contribution in [-0.2, 0) is 4.79 Å². The van der Waals surface area contributed by atoms with E-state index in [1.165, 1.54) is 15.9 Å². The molecule has 0 bridgehead atoms. The van der Waals surface area contributed by atoms with Crippen LogP contribution in [0.5, 0.6) is 0 Å². The second kappa shape index (κ2) is 7.11. The maximum absolute atomic E-state index is 13.4. The fourth-order valence-electron chi connectivity index (χ4n) is 2.94. The SMILES string of the molecule is Cc1ccc(NC(=O)CN2CCN(c3ccc(F)c(F)c3)C2=O)c(C)c1. The average Bonchev–Trinajstić information content (AvgIpc) is 2.93. The van der Waals surface area contributed by atoms with Gasteiger partial charge in [0.2, 0.25) is 5.91 Å². The van der Waals surface area contributed by atoms with Crippen LogP contribution in [0.3, 0.4) is 0 Å². The number of benzene rings is 2. The van der Waals surface area contributed by atoms with Gasteiger partial charge in [-0.15, -0.1) is 0 Å². The van der Waals surface area contributed by atoms with Crippen molar-refractivity contribution in [3.63, 3.8) is 0 Å². The summed E-state index contributed by atoms with van der Waals surface area (Å²) in [6.07, 6.45) is 0. The van der Waals surface area contributed by atoms with Gasteiger partial charge in [0.05, 0.1) is 0 Å². The Hall–Kier alpha value is -2.96. The van der Waals surface area contributed by atoms with Gasteiger partial charge in [-0.05, 0) is 37.6 Å². The zero-order valence-electron chi connectivity index (χ0n) is 14.6. The first-order chi connectivity index (χ1) is 12.3. The van der Waals surface area contributed by atoms with E-state index < -0.39 is 17.7 Å². The van der Waals surface area contributed by atoms with Crippen LogP contribution in [0.4, 0.5) is 25.0 Å². The molecule has 0 unspecified atom stereocenters. The largest absolute Gasteiger partial charge is 0.325 e. The maximum atomic E-state index is 13.4. The first kappa shape index (κ1) is 17.8. The van der Waals surface area contributed by atoms with E-state index in [4.69, 9.17) is 0 Å². The molecule has 0 atom stereocenters. The number of aryl methyl sites for hydroxylation is 2. The van der Waals surface area contributed by atoms with Crippen LogP contribution in [0.15, 0.2) is 36.4 Å². The number of rotatable bonds is 4. The summed E-state index contributed by atoms with van der Waals surface area (Å²) in [4.78, 5) is 27.4. The summed E-state index contributed by atoms with van der Waals surface area (Å²) in [6.45, 7) is 4.40. The highest BCUT2D eigenvalue weighted by Crippen LogP contribution is 2.23. The molecule has 1 aliphatic rings. The van der Waals surface area contributed by atoms with Crippen molar-refractivity contribution < 1.29 is 18.4 Å². The molecule has 0 spiro atoms. The minimum absolute atomic E-state index is 0.105. The van der Waals surface area contributed by atoms with Crippen molar-refractivity contribution in [2.24, 2.45) is 0 Å². The van der Waals surface area contributed by atoms with Crippen LogP contribution in [-0.4, -0.2) is 36.5 Å². The molecule has 0 aromatic heterocycles. The van der Waals surface area contributed by atoms with Crippen molar-refractivity contribution >= 4 is 23.3 Å². The molecule has 0 saturated carbocycles. The molecule has 0 radical (unpaired) electrons. The van der Waals surface area contributed by atoms with Crippen molar-refractivity contribution in [1.29, 1.82) is 0 Å². The predicted molar refractivity (Wildman–Crippen MR) is 95.2 cm³/mol. The molecule has 7 heteroatoms. The van der Waals surface area contributed by atoms with E-state index in [-0.39, 0.29) is 18.1 Å². The number of carbonyl (C=O) groups is 2. The fourth-order valence-corrected chi connectivity index (χ4v) is 2.94. The predicted octanol–water partition coefficient (Wildman–Crippen LogP) is 3.46. The van der Waals surface area contributed by atoms with E-state index >= 15 is 0 Å². The van der Waals surface area contributed by atoms with Crippen LogP contribution in [0.25, 0.3) is 0 Å². The third kappa shape index (κ3) is 3.66. The average molecular weight is 359 g/mol. The first-order valence-corrected chi connectivity index (χ1v) is 8.24. The number of amides is 3.